The van der Waals surface area contributed by atoms with Crippen molar-refractivity contribution in [2.24, 2.45) is 10.8 Å². The van der Waals surface area contributed by atoms with Crippen LogP contribution in [0.15, 0.2) is 66.4 Å². The number of hydrogen-bond donors (Lipinski definition) is 0. The van der Waals surface area contributed by atoms with E-state index in [0.717, 1.165) is 6.42 Å². The Bertz CT molecular complexity index is 563. The summed E-state index contributed by atoms with van der Waals surface area (Å²) in [4.78, 5) is 2.23. The van der Waals surface area contributed by atoms with Crippen LogP contribution >= 0.6 is 0 Å². The molecule has 0 aromatic heterocycles. The lowest BCUT2D eigenvalue weighted by molar-refractivity contribution is 0.190. The van der Waals surface area contributed by atoms with Crippen molar-refractivity contribution in [1.29, 1.82) is 0 Å². The van der Waals surface area contributed by atoms with Crippen LogP contribution in [0, 0.1) is 10.8 Å². The fraction of sp³-hybridized carbons (Fsp3) is 0.400. The van der Waals surface area contributed by atoms with E-state index < -0.39 is 0 Å². The maximum Gasteiger partial charge on any atom is 0.0408 e. The Kier molecular flexibility index (Phi) is 4.41. The Morgan fingerprint density at radius 3 is 2.38 bits per heavy atom. The van der Waals surface area contributed by atoms with Gasteiger partial charge in [-0.1, -0.05) is 64.1 Å². The number of nitrogens with zero attached hydrogens (tertiary/aromatic N) is 1. The second-order valence-corrected chi connectivity index (χ2v) is 6.70. The second-order valence-electron chi connectivity index (χ2n) is 6.70. The number of hydrogen-bond acceptors (Lipinski definition) is 1. The molecule has 0 fully saturated rings. The summed E-state index contributed by atoms with van der Waals surface area (Å²) in [5.74, 6) is 0. The van der Waals surface area contributed by atoms with Gasteiger partial charge < -0.3 is 4.90 Å². The van der Waals surface area contributed by atoms with Gasteiger partial charge >= 0.3 is 0 Å². The van der Waals surface area contributed by atoms with Gasteiger partial charge in [0.2, 0.25) is 0 Å². The van der Waals surface area contributed by atoms with Gasteiger partial charge in [-0.25, -0.2) is 0 Å². The molecule has 1 aromatic rings. The summed E-state index contributed by atoms with van der Waals surface area (Å²) in [7, 11) is 2.12. The van der Waals surface area contributed by atoms with Crippen LogP contribution in [0.5, 0.6) is 0 Å². The summed E-state index contributed by atoms with van der Waals surface area (Å²) in [5.41, 5.74) is 2.75. The minimum Gasteiger partial charge on any atom is -0.345 e. The van der Waals surface area contributed by atoms with Gasteiger partial charge in [-0.2, -0.15) is 0 Å². The summed E-state index contributed by atoms with van der Waals surface area (Å²) >= 11 is 0. The predicted molar refractivity (Wildman–Crippen MR) is 93.4 cm³/mol. The van der Waals surface area contributed by atoms with Crippen LogP contribution in [0.1, 0.15) is 34.1 Å². The van der Waals surface area contributed by atoms with E-state index in [9.17, 15) is 0 Å². The lowest BCUT2D eigenvalue weighted by Crippen LogP contribution is -2.31. The fourth-order valence-corrected chi connectivity index (χ4v) is 2.57. The van der Waals surface area contributed by atoms with Crippen molar-refractivity contribution in [3.8, 4) is 0 Å². The first-order chi connectivity index (χ1) is 9.89. The molecule has 1 nitrogen and oxygen atoms in total. The van der Waals surface area contributed by atoms with Crippen LogP contribution in [-0.2, 0) is 0 Å². The Labute approximate surface area is 129 Å². The maximum atomic E-state index is 2.35. The zero-order chi connectivity index (χ0) is 15.5. The monoisotopic (exact) mass is 281 g/mol. The van der Waals surface area contributed by atoms with Gasteiger partial charge in [0.1, 0.15) is 0 Å². The van der Waals surface area contributed by atoms with Gasteiger partial charge in [-0.05, 0) is 36.1 Å². The smallest absolute Gasteiger partial charge is 0.0408 e. The average molecular weight is 281 g/mol. The molecular formula is C20H27N. The molecule has 0 radical (unpaired) electrons. The highest BCUT2D eigenvalue weighted by molar-refractivity contribution is 5.55. The van der Waals surface area contributed by atoms with Crippen LogP contribution in [0.3, 0.4) is 0 Å². The molecule has 0 aliphatic heterocycles. The van der Waals surface area contributed by atoms with Crippen LogP contribution in [0.25, 0.3) is 0 Å². The molecule has 1 unspecified atom stereocenters. The first kappa shape index (κ1) is 15.6. The molecule has 0 spiro atoms. The number of rotatable bonds is 4. The molecule has 0 bridgehead atoms. The molecule has 1 aromatic carbocycles. The largest absolute Gasteiger partial charge is 0.345 e. The summed E-state index contributed by atoms with van der Waals surface area (Å²) in [6.45, 7) is 9.27. The van der Waals surface area contributed by atoms with Crippen molar-refractivity contribution in [2.75, 3.05) is 11.9 Å². The summed E-state index contributed by atoms with van der Waals surface area (Å²) in [6, 6.07) is 10.5. The van der Waals surface area contributed by atoms with Crippen LogP contribution in [-0.4, -0.2) is 7.05 Å². The van der Waals surface area contributed by atoms with Gasteiger partial charge in [0, 0.05) is 23.8 Å². The highest BCUT2D eigenvalue weighted by Crippen LogP contribution is 2.45. The van der Waals surface area contributed by atoms with Crippen molar-refractivity contribution < 1.29 is 0 Å². The van der Waals surface area contributed by atoms with E-state index in [0.29, 0.717) is 0 Å². The van der Waals surface area contributed by atoms with E-state index in [1.54, 1.807) is 0 Å². The third-order valence-electron chi connectivity index (χ3n) is 5.18. The highest BCUT2D eigenvalue weighted by atomic mass is 15.1. The van der Waals surface area contributed by atoms with E-state index in [-0.39, 0.29) is 10.8 Å². The van der Waals surface area contributed by atoms with Gasteiger partial charge in [0.25, 0.3) is 0 Å². The number of allylic oxidation sites excluding steroid dienone is 5. The SMILES string of the molecule is CCC(C)(C)C1(C)C=CC=C(N(C)c2ccccc2)C=C1. The van der Waals surface area contributed by atoms with Crippen molar-refractivity contribution in [2.45, 2.75) is 34.1 Å². The van der Waals surface area contributed by atoms with Crippen molar-refractivity contribution >= 4 is 5.69 Å². The normalized spacial score (nSPS) is 21.9. The van der Waals surface area contributed by atoms with Gasteiger partial charge in [-0.3, -0.25) is 0 Å². The van der Waals surface area contributed by atoms with E-state index in [1.165, 1.54) is 11.4 Å². The molecule has 112 valence electrons. The first-order valence-corrected chi connectivity index (χ1v) is 7.77. The van der Waals surface area contributed by atoms with E-state index in [4.69, 9.17) is 0 Å². The zero-order valence-corrected chi connectivity index (χ0v) is 13.9. The van der Waals surface area contributed by atoms with Crippen molar-refractivity contribution in [1.82, 2.24) is 0 Å². The van der Waals surface area contributed by atoms with Crippen molar-refractivity contribution in [3.05, 3.63) is 66.4 Å². The molecule has 1 aliphatic carbocycles. The molecule has 0 saturated carbocycles. The Morgan fingerprint density at radius 2 is 1.76 bits per heavy atom. The molecule has 0 saturated heterocycles. The average Bonchev–Trinajstić information content (AvgIpc) is 2.70. The molecule has 0 N–H and O–H groups in total. The topological polar surface area (TPSA) is 3.24 Å². The molecular weight excluding hydrogens is 254 g/mol. The lowest BCUT2D eigenvalue weighted by atomic mass is 9.65. The molecule has 1 aliphatic rings. The number of anilines is 1. The second kappa shape index (κ2) is 5.93. The number of benzene rings is 1. The third kappa shape index (κ3) is 3.12. The molecule has 2 rings (SSSR count). The van der Waals surface area contributed by atoms with Crippen LogP contribution in [0.2, 0.25) is 0 Å². The zero-order valence-electron chi connectivity index (χ0n) is 13.9. The van der Waals surface area contributed by atoms with Crippen LogP contribution in [0.4, 0.5) is 5.69 Å². The number of para-hydroxylation sites is 1. The summed E-state index contributed by atoms with van der Waals surface area (Å²) in [5, 5.41) is 0. The Morgan fingerprint density at radius 1 is 1.10 bits per heavy atom. The highest BCUT2D eigenvalue weighted by Gasteiger charge is 2.35. The van der Waals surface area contributed by atoms with E-state index in [1.807, 2.05) is 0 Å². The van der Waals surface area contributed by atoms with Crippen molar-refractivity contribution in [3.63, 3.8) is 0 Å². The molecule has 21 heavy (non-hydrogen) atoms. The van der Waals surface area contributed by atoms with E-state index in [2.05, 4.69) is 100 Å². The third-order valence-corrected chi connectivity index (χ3v) is 5.18. The van der Waals surface area contributed by atoms with Crippen LogP contribution < -0.4 is 4.90 Å². The summed E-state index contributed by atoms with van der Waals surface area (Å²) in [6.07, 6.45) is 12.5. The molecule has 0 heterocycles. The minimum absolute atomic E-state index is 0.0809. The fourth-order valence-electron chi connectivity index (χ4n) is 2.57. The number of likely N-dealkylation sites (N-methyl/N-ethyl adjacent to an activating group) is 1. The lowest BCUT2D eigenvalue weighted by Gasteiger charge is -2.39. The molecule has 1 atom stereocenters. The maximum absolute atomic E-state index is 2.35. The molecule has 0 amide bonds. The predicted octanol–water partition coefficient (Wildman–Crippen LogP) is 5.58. The van der Waals surface area contributed by atoms with Gasteiger partial charge in [0.15, 0.2) is 0 Å². The quantitative estimate of drug-likeness (QED) is 0.697. The molecule has 1 heteroatoms. The van der Waals surface area contributed by atoms with E-state index >= 15 is 0 Å². The van der Waals surface area contributed by atoms with Gasteiger partial charge in [0.05, 0.1) is 0 Å². The summed E-state index contributed by atoms with van der Waals surface area (Å²) < 4.78 is 0. The Balaban J connectivity index is 2.27. The Hall–Kier alpha value is -1.76. The standard InChI is InChI=1S/C20H27N/c1-6-19(2,3)20(4)15-10-13-18(14-16-20)21(5)17-11-8-7-9-12-17/h7-16H,6H2,1-5H3. The first-order valence-electron chi connectivity index (χ1n) is 7.77. The minimum atomic E-state index is 0.0809. The van der Waals surface area contributed by atoms with Gasteiger partial charge in [-0.15, -0.1) is 0 Å².